The van der Waals surface area contributed by atoms with E-state index in [-0.39, 0.29) is 0 Å². The molecule has 12 heavy (non-hydrogen) atoms. The third-order valence-corrected chi connectivity index (χ3v) is 2.50. The van der Waals surface area contributed by atoms with Crippen molar-refractivity contribution in [3.05, 3.63) is 0 Å². The Hall–Kier alpha value is -0.160. The second-order valence-corrected chi connectivity index (χ2v) is 4.07. The smallest absolute Gasteiger partial charge is 0.0527 e. The summed E-state index contributed by atoms with van der Waals surface area (Å²) in [6.07, 6.45) is 0. The van der Waals surface area contributed by atoms with Gasteiger partial charge in [0.2, 0.25) is 0 Å². The largest absolute Gasteiger partial charge is 0.280 e. The molecule has 0 aromatic heterocycles. The highest BCUT2D eigenvalue weighted by Crippen LogP contribution is 2.08. The Balaban J connectivity index is 2.07. The first-order valence-corrected chi connectivity index (χ1v) is 4.56. The molecule has 4 nitrogen and oxygen atoms in total. The summed E-state index contributed by atoms with van der Waals surface area (Å²) < 4.78 is 0. The Morgan fingerprint density at radius 2 is 1.00 bits per heavy atom. The van der Waals surface area contributed by atoms with E-state index < -0.39 is 0 Å². The number of nitrogens with zero attached hydrogens (tertiary/aromatic N) is 4. The predicted molar refractivity (Wildman–Crippen MR) is 48.4 cm³/mol. The summed E-state index contributed by atoms with van der Waals surface area (Å²) >= 11 is 0. The maximum absolute atomic E-state index is 2.49. The van der Waals surface area contributed by atoms with Crippen LogP contribution in [0.25, 0.3) is 0 Å². The highest BCUT2D eigenvalue weighted by molar-refractivity contribution is 4.71. The van der Waals surface area contributed by atoms with E-state index in [1.54, 1.807) is 0 Å². The fraction of sp³-hybridized carbons (Fsp3) is 1.00. The molecule has 2 aliphatic rings. The summed E-state index contributed by atoms with van der Waals surface area (Å²) in [6, 6.07) is 0. The fourth-order valence-electron chi connectivity index (χ4n) is 2.11. The molecule has 2 bridgehead atoms. The van der Waals surface area contributed by atoms with Gasteiger partial charge in [0, 0.05) is 13.1 Å². The number of hydrogen-bond donors (Lipinski definition) is 0. The second kappa shape index (κ2) is 3.30. The molecule has 0 amide bonds. The molecule has 0 unspecified atom stereocenters. The van der Waals surface area contributed by atoms with Crippen LogP contribution >= 0.6 is 0 Å². The van der Waals surface area contributed by atoms with Gasteiger partial charge in [0.1, 0.15) is 0 Å². The van der Waals surface area contributed by atoms with Crippen LogP contribution in [0.4, 0.5) is 0 Å². The van der Waals surface area contributed by atoms with Crippen LogP contribution in [0, 0.1) is 0 Å². The van der Waals surface area contributed by atoms with Crippen LogP contribution in [0.1, 0.15) is 0 Å². The molecule has 0 aliphatic carbocycles. The van der Waals surface area contributed by atoms with Gasteiger partial charge in [-0.2, -0.15) is 0 Å². The van der Waals surface area contributed by atoms with E-state index >= 15 is 0 Å². The van der Waals surface area contributed by atoms with E-state index in [0.29, 0.717) is 0 Å². The lowest BCUT2D eigenvalue weighted by atomic mass is 10.5. The van der Waals surface area contributed by atoms with Crippen molar-refractivity contribution in [2.45, 2.75) is 0 Å². The number of rotatable bonds is 0. The van der Waals surface area contributed by atoms with Crippen LogP contribution in [0.5, 0.6) is 0 Å². The average molecular weight is 170 g/mol. The zero-order chi connectivity index (χ0) is 8.55. The first-order valence-electron chi connectivity index (χ1n) is 4.56. The minimum atomic E-state index is 1.11. The lowest BCUT2D eigenvalue weighted by Crippen LogP contribution is -2.46. The van der Waals surface area contributed by atoms with Crippen molar-refractivity contribution in [3.8, 4) is 0 Å². The molecule has 0 atom stereocenters. The highest BCUT2D eigenvalue weighted by atomic mass is 15.5. The standard InChI is InChI=1S/C8H18N4/c1-9-5-11-3-4-12(6-9)8-10(2)7-11/h3-8H2,1-2H3. The van der Waals surface area contributed by atoms with Crippen molar-refractivity contribution in [1.82, 2.24) is 19.6 Å². The minimum Gasteiger partial charge on any atom is -0.280 e. The lowest BCUT2D eigenvalue weighted by Gasteiger charge is -2.33. The van der Waals surface area contributed by atoms with Crippen molar-refractivity contribution in [2.24, 2.45) is 0 Å². The molecule has 2 saturated heterocycles. The third kappa shape index (κ3) is 1.77. The maximum Gasteiger partial charge on any atom is 0.0527 e. The molecule has 2 fully saturated rings. The highest BCUT2D eigenvalue weighted by Gasteiger charge is 2.23. The summed E-state index contributed by atoms with van der Waals surface area (Å²) in [5, 5.41) is 0. The number of hydrogen-bond acceptors (Lipinski definition) is 4. The summed E-state index contributed by atoms with van der Waals surface area (Å²) in [5.41, 5.74) is 0. The van der Waals surface area contributed by atoms with Crippen LogP contribution in [-0.4, -0.2) is 73.5 Å². The van der Waals surface area contributed by atoms with E-state index in [1.807, 2.05) is 0 Å². The maximum atomic E-state index is 2.49. The van der Waals surface area contributed by atoms with Gasteiger partial charge in [-0.05, 0) is 14.1 Å². The molecular weight excluding hydrogens is 152 g/mol. The van der Waals surface area contributed by atoms with Crippen molar-refractivity contribution in [1.29, 1.82) is 0 Å². The molecule has 0 aromatic rings. The summed E-state index contributed by atoms with van der Waals surface area (Å²) in [6.45, 7) is 6.88. The SMILES string of the molecule is CN1CN2CCN(C1)CN(C)C2. The van der Waals surface area contributed by atoms with Crippen molar-refractivity contribution < 1.29 is 0 Å². The first kappa shape index (κ1) is 8.44. The molecular formula is C8H18N4. The summed E-state index contributed by atoms with van der Waals surface area (Å²) in [5.74, 6) is 0. The van der Waals surface area contributed by atoms with Crippen LogP contribution in [0.15, 0.2) is 0 Å². The van der Waals surface area contributed by atoms with Crippen LogP contribution < -0.4 is 0 Å². The van der Waals surface area contributed by atoms with Gasteiger partial charge in [0.25, 0.3) is 0 Å². The van der Waals surface area contributed by atoms with Gasteiger partial charge >= 0.3 is 0 Å². The normalized spacial score (nSPS) is 39.5. The second-order valence-electron chi connectivity index (χ2n) is 4.07. The molecule has 2 aliphatic heterocycles. The molecule has 0 aromatic carbocycles. The Morgan fingerprint density at radius 3 is 1.33 bits per heavy atom. The van der Waals surface area contributed by atoms with E-state index in [0.717, 1.165) is 26.7 Å². The average Bonchev–Trinajstić information content (AvgIpc) is 2.18. The Bertz CT molecular complexity index is 131. The zero-order valence-corrected chi connectivity index (χ0v) is 8.03. The van der Waals surface area contributed by atoms with Crippen molar-refractivity contribution in [2.75, 3.05) is 53.9 Å². The summed E-state index contributed by atoms with van der Waals surface area (Å²) in [4.78, 5) is 9.74. The molecule has 4 heteroatoms. The topological polar surface area (TPSA) is 13.0 Å². The lowest BCUT2D eigenvalue weighted by molar-refractivity contribution is 0.0436. The first-order chi connectivity index (χ1) is 5.74. The van der Waals surface area contributed by atoms with Gasteiger partial charge in [0.05, 0.1) is 26.7 Å². The van der Waals surface area contributed by atoms with E-state index in [4.69, 9.17) is 0 Å². The van der Waals surface area contributed by atoms with Crippen molar-refractivity contribution >= 4 is 0 Å². The minimum absolute atomic E-state index is 1.11. The van der Waals surface area contributed by atoms with Crippen LogP contribution in [0.3, 0.4) is 0 Å². The molecule has 70 valence electrons. The van der Waals surface area contributed by atoms with Gasteiger partial charge in [0.15, 0.2) is 0 Å². The van der Waals surface area contributed by atoms with Gasteiger partial charge < -0.3 is 0 Å². The van der Waals surface area contributed by atoms with E-state index in [9.17, 15) is 0 Å². The van der Waals surface area contributed by atoms with Gasteiger partial charge in [-0.1, -0.05) is 0 Å². The zero-order valence-electron chi connectivity index (χ0n) is 8.03. The summed E-state index contributed by atoms with van der Waals surface area (Å²) in [7, 11) is 4.38. The Labute approximate surface area is 74.3 Å². The van der Waals surface area contributed by atoms with Gasteiger partial charge in [-0.25, -0.2) is 0 Å². The molecule has 2 heterocycles. The molecule has 2 rings (SSSR count). The van der Waals surface area contributed by atoms with Gasteiger partial charge in [-0.3, -0.25) is 19.6 Å². The molecule has 0 N–H and O–H groups in total. The van der Waals surface area contributed by atoms with E-state index in [1.165, 1.54) is 13.1 Å². The van der Waals surface area contributed by atoms with Crippen LogP contribution in [-0.2, 0) is 0 Å². The Morgan fingerprint density at radius 1 is 0.667 bits per heavy atom. The molecule has 0 radical (unpaired) electrons. The molecule has 0 spiro atoms. The number of fused-ring (bicyclic) bond motifs is 3. The van der Waals surface area contributed by atoms with Crippen molar-refractivity contribution in [3.63, 3.8) is 0 Å². The fourth-order valence-corrected chi connectivity index (χ4v) is 2.11. The van der Waals surface area contributed by atoms with Crippen LogP contribution in [0.2, 0.25) is 0 Å². The quantitative estimate of drug-likeness (QED) is 0.477. The molecule has 0 saturated carbocycles. The monoisotopic (exact) mass is 170 g/mol. The Kier molecular flexibility index (Phi) is 2.32. The van der Waals surface area contributed by atoms with E-state index in [2.05, 4.69) is 33.7 Å². The van der Waals surface area contributed by atoms with Gasteiger partial charge in [-0.15, -0.1) is 0 Å². The predicted octanol–water partition coefficient (Wildman–Crippen LogP) is -0.689. The third-order valence-electron chi connectivity index (χ3n) is 2.50.